The minimum absolute atomic E-state index is 0.229. The number of allylic oxidation sites excluding steroid dienone is 1. The van der Waals surface area contributed by atoms with E-state index < -0.39 is 5.97 Å². The number of ether oxygens (including phenoxy) is 3. The Labute approximate surface area is 176 Å². The molecule has 0 radical (unpaired) electrons. The number of esters is 1. The molecule has 0 N–H and O–H groups in total. The molecule has 1 heterocycles. The molecular weight excluding hydrogens is 382 g/mol. The van der Waals surface area contributed by atoms with Crippen LogP contribution in [0.15, 0.2) is 59.3 Å². The highest BCUT2D eigenvalue weighted by atomic mass is 16.5. The van der Waals surface area contributed by atoms with E-state index in [1.165, 1.54) is 12.0 Å². The van der Waals surface area contributed by atoms with Crippen LogP contribution in [0, 0.1) is 0 Å². The molecule has 2 aromatic rings. The highest BCUT2D eigenvalue weighted by molar-refractivity contribution is 6.23. The molecule has 0 spiro atoms. The van der Waals surface area contributed by atoms with Gasteiger partial charge in [-0.2, -0.15) is 0 Å². The molecule has 6 nitrogen and oxygen atoms in total. The summed E-state index contributed by atoms with van der Waals surface area (Å²) < 4.78 is 15.7. The summed E-state index contributed by atoms with van der Waals surface area (Å²) in [6.07, 6.45) is 2.54. The van der Waals surface area contributed by atoms with Gasteiger partial charge in [-0.3, -0.25) is 9.69 Å². The number of hydrogen-bond acceptors (Lipinski definition) is 5. The normalized spacial score (nSPS) is 15.0. The summed E-state index contributed by atoms with van der Waals surface area (Å²) in [5.74, 6) is 0.299. The van der Waals surface area contributed by atoms with Gasteiger partial charge in [-0.05, 0) is 55.3 Å². The molecule has 3 rings (SSSR count). The largest absolute Gasteiger partial charge is 0.497 e. The van der Waals surface area contributed by atoms with Crippen molar-refractivity contribution in [2.75, 3.05) is 26.2 Å². The Morgan fingerprint density at radius 3 is 2.30 bits per heavy atom. The van der Waals surface area contributed by atoms with Crippen molar-refractivity contribution in [1.82, 2.24) is 0 Å². The summed E-state index contributed by atoms with van der Waals surface area (Å²) in [6, 6.07) is 13.0. The lowest BCUT2D eigenvalue weighted by Gasteiger charge is -2.18. The zero-order valence-corrected chi connectivity index (χ0v) is 17.8. The number of amides is 1. The summed E-state index contributed by atoms with van der Waals surface area (Å²) in [7, 11) is 4.41. The second kappa shape index (κ2) is 8.86. The van der Waals surface area contributed by atoms with Crippen LogP contribution in [-0.2, 0) is 20.7 Å². The number of rotatable bonds is 6. The zero-order chi connectivity index (χ0) is 21.8. The van der Waals surface area contributed by atoms with Crippen LogP contribution in [-0.4, -0.2) is 33.2 Å². The molecule has 6 heteroatoms. The Balaban J connectivity index is 2.15. The lowest BCUT2D eigenvalue weighted by atomic mass is 10.0. The summed E-state index contributed by atoms with van der Waals surface area (Å²) in [5, 5.41) is 0. The molecule has 0 atom stereocenters. The maximum atomic E-state index is 13.4. The van der Waals surface area contributed by atoms with E-state index in [1.54, 1.807) is 45.4 Å². The summed E-state index contributed by atoms with van der Waals surface area (Å²) in [6.45, 7) is 3.81. The van der Waals surface area contributed by atoms with E-state index in [9.17, 15) is 9.59 Å². The van der Waals surface area contributed by atoms with Crippen molar-refractivity contribution in [3.63, 3.8) is 0 Å². The average molecular weight is 407 g/mol. The van der Waals surface area contributed by atoms with Crippen molar-refractivity contribution >= 4 is 23.6 Å². The molecule has 0 aromatic heterocycles. The minimum Gasteiger partial charge on any atom is -0.497 e. The van der Waals surface area contributed by atoms with E-state index in [4.69, 9.17) is 14.2 Å². The fraction of sp³-hybridized carbons (Fsp3) is 0.250. The van der Waals surface area contributed by atoms with Gasteiger partial charge in [0.05, 0.1) is 32.5 Å². The van der Waals surface area contributed by atoms with Gasteiger partial charge in [0.2, 0.25) is 0 Å². The summed E-state index contributed by atoms with van der Waals surface area (Å²) in [5.41, 5.74) is 3.47. The molecule has 0 aliphatic carbocycles. The molecule has 0 unspecified atom stereocenters. The number of anilines is 1. The fourth-order valence-electron chi connectivity index (χ4n) is 3.48. The highest BCUT2D eigenvalue weighted by Gasteiger charge is 2.38. The predicted molar refractivity (Wildman–Crippen MR) is 116 cm³/mol. The fourth-order valence-corrected chi connectivity index (χ4v) is 3.48. The van der Waals surface area contributed by atoms with Crippen LogP contribution in [0.3, 0.4) is 0 Å². The van der Waals surface area contributed by atoms with Gasteiger partial charge in [0.1, 0.15) is 11.5 Å². The van der Waals surface area contributed by atoms with Gasteiger partial charge in [-0.1, -0.05) is 19.1 Å². The smallest absolute Gasteiger partial charge is 0.340 e. The van der Waals surface area contributed by atoms with E-state index in [-0.39, 0.29) is 17.1 Å². The molecule has 1 aliphatic heterocycles. The molecule has 0 saturated heterocycles. The van der Waals surface area contributed by atoms with Crippen LogP contribution in [0.5, 0.6) is 11.5 Å². The third kappa shape index (κ3) is 3.81. The molecule has 30 heavy (non-hydrogen) atoms. The third-order valence-corrected chi connectivity index (χ3v) is 5.13. The lowest BCUT2D eigenvalue weighted by Crippen LogP contribution is -2.24. The first-order valence-electron chi connectivity index (χ1n) is 9.61. The molecule has 0 fully saturated rings. The maximum absolute atomic E-state index is 13.4. The highest BCUT2D eigenvalue weighted by Crippen LogP contribution is 2.37. The Morgan fingerprint density at radius 2 is 1.73 bits per heavy atom. The average Bonchev–Trinajstić information content (AvgIpc) is 3.02. The standard InChI is InChI=1S/C24H25NO5/c1-6-16-7-9-18(10-8-16)25-15(2)22(24(27)30-5)20(23(25)26)14-17-13-19(28-3)11-12-21(17)29-4/h7-14H,6H2,1-5H3/b20-14-. The molecule has 156 valence electrons. The van der Waals surface area contributed by atoms with E-state index >= 15 is 0 Å². The number of aryl methyl sites for hydroxylation is 1. The van der Waals surface area contributed by atoms with Crippen LogP contribution in [0.2, 0.25) is 0 Å². The number of carbonyl (C=O) groups is 2. The first-order valence-corrected chi connectivity index (χ1v) is 9.61. The Bertz CT molecular complexity index is 1030. The van der Waals surface area contributed by atoms with Crippen LogP contribution < -0.4 is 14.4 Å². The van der Waals surface area contributed by atoms with Crippen LogP contribution >= 0.6 is 0 Å². The van der Waals surface area contributed by atoms with Gasteiger partial charge >= 0.3 is 5.97 Å². The van der Waals surface area contributed by atoms with Gasteiger partial charge in [-0.25, -0.2) is 4.79 Å². The summed E-state index contributed by atoms with van der Waals surface area (Å²) in [4.78, 5) is 27.5. The van der Waals surface area contributed by atoms with E-state index in [1.807, 2.05) is 24.3 Å². The molecule has 2 aromatic carbocycles. The van der Waals surface area contributed by atoms with Crippen molar-refractivity contribution in [1.29, 1.82) is 0 Å². The molecule has 1 aliphatic rings. The monoisotopic (exact) mass is 407 g/mol. The number of benzene rings is 2. The molecular formula is C24H25NO5. The summed E-state index contributed by atoms with van der Waals surface area (Å²) >= 11 is 0. The van der Waals surface area contributed by atoms with Crippen molar-refractivity contribution in [2.24, 2.45) is 0 Å². The van der Waals surface area contributed by atoms with Crippen LogP contribution in [0.4, 0.5) is 5.69 Å². The Kier molecular flexibility index (Phi) is 6.26. The van der Waals surface area contributed by atoms with E-state index in [0.717, 1.165) is 12.0 Å². The predicted octanol–water partition coefficient (Wildman–Crippen LogP) is 4.14. The van der Waals surface area contributed by atoms with Crippen molar-refractivity contribution < 1.29 is 23.8 Å². The number of nitrogens with zero attached hydrogens (tertiary/aromatic N) is 1. The van der Waals surface area contributed by atoms with Gasteiger partial charge < -0.3 is 14.2 Å². The van der Waals surface area contributed by atoms with Crippen molar-refractivity contribution in [3.05, 3.63) is 70.4 Å². The van der Waals surface area contributed by atoms with Gasteiger partial charge in [-0.15, -0.1) is 0 Å². The lowest BCUT2D eigenvalue weighted by molar-refractivity contribution is -0.136. The Hall–Kier alpha value is -3.54. The second-order valence-electron chi connectivity index (χ2n) is 6.78. The Morgan fingerprint density at radius 1 is 1.03 bits per heavy atom. The SMILES string of the molecule is CCc1ccc(N2C(=O)/C(=C\c3cc(OC)ccc3OC)C(C(=O)OC)=C2C)cc1. The number of hydrogen-bond donors (Lipinski definition) is 0. The number of methoxy groups -OCH3 is 3. The topological polar surface area (TPSA) is 65.1 Å². The quantitative estimate of drug-likeness (QED) is 0.532. The van der Waals surface area contributed by atoms with E-state index in [2.05, 4.69) is 6.92 Å². The third-order valence-electron chi connectivity index (χ3n) is 5.13. The maximum Gasteiger partial charge on any atom is 0.340 e. The van der Waals surface area contributed by atoms with Crippen molar-refractivity contribution in [2.45, 2.75) is 20.3 Å². The van der Waals surface area contributed by atoms with Crippen molar-refractivity contribution in [3.8, 4) is 11.5 Å². The van der Waals surface area contributed by atoms with Crippen LogP contribution in [0.25, 0.3) is 6.08 Å². The first-order chi connectivity index (χ1) is 14.4. The van der Waals surface area contributed by atoms with Gasteiger partial charge in [0, 0.05) is 16.9 Å². The van der Waals surface area contributed by atoms with Gasteiger partial charge in [0.25, 0.3) is 5.91 Å². The second-order valence-corrected chi connectivity index (χ2v) is 6.78. The molecule has 0 bridgehead atoms. The molecule has 1 amide bonds. The van der Waals surface area contributed by atoms with Crippen LogP contribution in [0.1, 0.15) is 25.0 Å². The molecule has 0 saturated carbocycles. The van der Waals surface area contributed by atoms with E-state index in [0.29, 0.717) is 28.4 Å². The minimum atomic E-state index is -0.568. The number of carbonyl (C=O) groups excluding carboxylic acids is 2. The van der Waals surface area contributed by atoms with Gasteiger partial charge in [0.15, 0.2) is 0 Å². The first kappa shape index (κ1) is 21.2. The zero-order valence-electron chi connectivity index (χ0n) is 17.8.